The molecule has 1 aliphatic rings. The predicted octanol–water partition coefficient (Wildman–Crippen LogP) is 1.41. The number of nitrogens with two attached hydrogens (primary N) is 1. The number of hydrogen-bond donors (Lipinski definition) is 2. The lowest BCUT2D eigenvalue weighted by molar-refractivity contribution is 0.174. The maximum Gasteiger partial charge on any atom is 0.235 e. The first kappa shape index (κ1) is 12.3. The second kappa shape index (κ2) is 5.08. The molecule has 0 saturated carbocycles. The van der Waals surface area contributed by atoms with Crippen molar-refractivity contribution in [2.45, 2.75) is 13.3 Å². The van der Waals surface area contributed by atoms with Crippen molar-refractivity contribution in [3.63, 3.8) is 0 Å². The highest BCUT2D eigenvalue weighted by molar-refractivity contribution is 5.85. The highest BCUT2D eigenvalue weighted by Crippen LogP contribution is 2.32. The molecule has 8 heteroatoms. The van der Waals surface area contributed by atoms with Crippen molar-refractivity contribution >= 4 is 17.3 Å². The van der Waals surface area contributed by atoms with Crippen molar-refractivity contribution in [1.29, 1.82) is 0 Å². The van der Waals surface area contributed by atoms with Crippen LogP contribution in [0.2, 0.25) is 0 Å². The molecule has 0 bridgehead atoms. The number of nitrogen functional groups attached to an aromatic ring is 1. The Hall–Kier alpha value is -2.77. The molecular formula is C12H13N5O3. The van der Waals surface area contributed by atoms with Crippen LogP contribution in [0.1, 0.15) is 12.5 Å². The molecule has 0 amide bonds. The van der Waals surface area contributed by atoms with E-state index in [1.54, 1.807) is 0 Å². The number of hydrogen-bond acceptors (Lipinski definition) is 8. The van der Waals surface area contributed by atoms with E-state index >= 15 is 0 Å². The van der Waals surface area contributed by atoms with E-state index in [1.807, 2.05) is 25.1 Å². The van der Waals surface area contributed by atoms with Gasteiger partial charge in [-0.25, -0.2) is 4.63 Å². The maximum atomic E-state index is 5.51. The van der Waals surface area contributed by atoms with Gasteiger partial charge in [0.2, 0.25) is 18.4 Å². The molecule has 0 fully saturated rings. The van der Waals surface area contributed by atoms with Crippen LogP contribution in [-0.2, 0) is 6.42 Å². The van der Waals surface area contributed by atoms with Crippen molar-refractivity contribution in [2.24, 2.45) is 5.10 Å². The standard InChI is InChI=1S/C12H13N5O3/c1-7(14-15-12-11(13)16-20-17-12)4-8-2-3-9-10(5-8)19-6-18-9/h2-3,5H,4,6H2,1H3,(H2,13,16)(H,15,17). The van der Waals surface area contributed by atoms with Crippen molar-refractivity contribution < 1.29 is 14.1 Å². The molecule has 3 rings (SSSR count). The summed E-state index contributed by atoms with van der Waals surface area (Å²) < 4.78 is 15.1. The van der Waals surface area contributed by atoms with Crippen LogP contribution >= 0.6 is 0 Å². The summed E-state index contributed by atoms with van der Waals surface area (Å²) in [7, 11) is 0. The van der Waals surface area contributed by atoms with Gasteiger partial charge in [0.1, 0.15) is 0 Å². The number of ether oxygens (including phenoxy) is 2. The molecule has 0 atom stereocenters. The Labute approximate surface area is 114 Å². The second-order valence-corrected chi connectivity index (χ2v) is 4.32. The van der Waals surface area contributed by atoms with E-state index in [4.69, 9.17) is 15.2 Å². The van der Waals surface area contributed by atoms with Gasteiger partial charge in [0.05, 0.1) is 0 Å². The van der Waals surface area contributed by atoms with Crippen LogP contribution in [0, 0.1) is 0 Å². The summed E-state index contributed by atoms with van der Waals surface area (Å²) in [6.07, 6.45) is 0.662. The number of anilines is 2. The average molecular weight is 275 g/mol. The minimum absolute atomic E-state index is 0.171. The first-order valence-corrected chi connectivity index (χ1v) is 5.98. The molecule has 1 aromatic carbocycles. The zero-order chi connectivity index (χ0) is 13.9. The van der Waals surface area contributed by atoms with Crippen LogP contribution in [0.25, 0.3) is 0 Å². The van der Waals surface area contributed by atoms with Gasteiger partial charge in [0.25, 0.3) is 0 Å². The Kier molecular flexibility index (Phi) is 3.12. The van der Waals surface area contributed by atoms with Crippen LogP contribution < -0.4 is 20.6 Å². The van der Waals surface area contributed by atoms with E-state index in [9.17, 15) is 0 Å². The number of nitrogens with zero attached hydrogens (tertiary/aromatic N) is 3. The van der Waals surface area contributed by atoms with E-state index in [0.717, 1.165) is 22.8 Å². The molecule has 0 aliphatic carbocycles. The van der Waals surface area contributed by atoms with Crippen molar-refractivity contribution in [3.05, 3.63) is 23.8 Å². The highest BCUT2D eigenvalue weighted by Gasteiger charge is 2.13. The third-order valence-corrected chi connectivity index (χ3v) is 2.76. The van der Waals surface area contributed by atoms with Gasteiger partial charge >= 0.3 is 0 Å². The highest BCUT2D eigenvalue weighted by atomic mass is 16.7. The molecule has 0 unspecified atom stereocenters. The quantitative estimate of drug-likeness (QED) is 0.641. The van der Waals surface area contributed by atoms with Gasteiger partial charge in [-0.1, -0.05) is 6.07 Å². The first-order chi connectivity index (χ1) is 9.72. The molecular weight excluding hydrogens is 262 g/mol. The van der Waals surface area contributed by atoms with Gasteiger partial charge in [-0.3, -0.25) is 5.43 Å². The second-order valence-electron chi connectivity index (χ2n) is 4.32. The van der Waals surface area contributed by atoms with Gasteiger partial charge in [-0.2, -0.15) is 5.10 Å². The van der Waals surface area contributed by atoms with E-state index in [-0.39, 0.29) is 12.6 Å². The van der Waals surface area contributed by atoms with Gasteiger partial charge in [0, 0.05) is 12.1 Å². The fourth-order valence-corrected chi connectivity index (χ4v) is 1.81. The lowest BCUT2D eigenvalue weighted by Crippen LogP contribution is -2.03. The number of fused-ring (bicyclic) bond motifs is 1. The predicted molar refractivity (Wildman–Crippen MR) is 71.7 cm³/mol. The Bertz CT molecular complexity index is 652. The fourth-order valence-electron chi connectivity index (χ4n) is 1.81. The third-order valence-electron chi connectivity index (χ3n) is 2.76. The Morgan fingerprint density at radius 1 is 1.35 bits per heavy atom. The number of hydrazone groups is 1. The largest absolute Gasteiger partial charge is 0.454 e. The van der Waals surface area contributed by atoms with E-state index < -0.39 is 0 Å². The van der Waals surface area contributed by atoms with Crippen LogP contribution in [-0.4, -0.2) is 22.8 Å². The molecule has 1 aromatic heterocycles. The third kappa shape index (κ3) is 2.48. The normalized spacial score (nSPS) is 13.6. The summed E-state index contributed by atoms with van der Waals surface area (Å²) in [5.41, 5.74) is 10.1. The Balaban J connectivity index is 1.66. The monoisotopic (exact) mass is 275 g/mol. The molecule has 8 nitrogen and oxygen atoms in total. The van der Waals surface area contributed by atoms with E-state index in [0.29, 0.717) is 12.2 Å². The zero-order valence-electron chi connectivity index (χ0n) is 10.8. The molecule has 104 valence electrons. The van der Waals surface area contributed by atoms with Crippen LogP contribution in [0.4, 0.5) is 11.6 Å². The number of benzene rings is 1. The fraction of sp³-hybridized carbons (Fsp3) is 0.250. The van der Waals surface area contributed by atoms with Gasteiger partial charge < -0.3 is 15.2 Å². The van der Waals surface area contributed by atoms with Crippen molar-refractivity contribution in [1.82, 2.24) is 10.3 Å². The smallest absolute Gasteiger partial charge is 0.235 e. The summed E-state index contributed by atoms with van der Waals surface area (Å²) in [5, 5.41) is 11.2. The molecule has 2 heterocycles. The van der Waals surface area contributed by atoms with Crippen LogP contribution in [0.15, 0.2) is 27.9 Å². The molecule has 2 aromatic rings. The maximum absolute atomic E-state index is 5.51. The first-order valence-electron chi connectivity index (χ1n) is 5.98. The summed E-state index contributed by atoms with van der Waals surface area (Å²) >= 11 is 0. The molecule has 20 heavy (non-hydrogen) atoms. The SMILES string of the molecule is CC(Cc1ccc2c(c1)OCO2)=NNc1nonc1N. The van der Waals surface area contributed by atoms with Gasteiger partial charge in [0.15, 0.2) is 11.5 Å². The minimum Gasteiger partial charge on any atom is -0.454 e. The average Bonchev–Trinajstić information content (AvgIpc) is 3.04. The Morgan fingerprint density at radius 2 is 2.20 bits per heavy atom. The minimum atomic E-state index is 0.171. The van der Waals surface area contributed by atoms with E-state index in [2.05, 4.69) is 25.5 Å². The van der Waals surface area contributed by atoms with Crippen molar-refractivity contribution in [2.75, 3.05) is 18.0 Å². The molecule has 3 N–H and O–H groups in total. The molecule has 0 spiro atoms. The topological polar surface area (TPSA) is 108 Å². The van der Waals surface area contributed by atoms with Crippen LogP contribution in [0.5, 0.6) is 11.5 Å². The molecule has 1 aliphatic heterocycles. The summed E-state index contributed by atoms with van der Waals surface area (Å²) in [6, 6.07) is 5.80. The lowest BCUT2D eigenvalue weighted by Gasteiger charge is -2.03. The van der Waals surface area contributed by atoms with Gasteiger partial charge in [-0.05, 0) is 34.9 Å². The number of aromatic nitrogens is 2. The van der Waals surface area contributed by atoms with Crippen LogP contribution in [0.3, 0.4) is 0 Å². The lowest BCUT2D eigenvalue weighted by atomic mass is 10.1. The summed E-state index contributed by atoms with van der Waals surface area (Å²) in [5.74, 6) is 2.00. The summed E-state index contributed by atoms with van der Waals surface area (Å²) in [6.45, 7) is 2.16. The van der Waals surface area contributed by atoms with Crippen molar-refractivity contribution in [3.8, 4) is 11.5 Å². The summed E-state index contributed by atoms with van der Waals surface area (Å²) in [4.78, 5) is 0. The number of nitrogens with one attached hydrogen (secondary N) is 1. The molecule has 0 radical (unpaired) electrons. The van der Waals surface area contributed by atoms with E-state index in [1.165, 1.54) is 0 Å². The van der Waals surface area contributed by atoms with Gasteiger partial charge in [-0.15, -0.1) is 0 Å². The number of rotatable bonds is 4. The zero-order valence-corrected chi connectivity index (χ0v) is 10.8. The Morgan fingerprint density at radius 3 is 3.00 bits per heavy atom. The molecule has 0 saturated heterocycles.